The van der Waals surface area contributed by atoms with Crippen molar-refractivity contribution in [1.29, 1.82) is 0 Å². The zero-order valence-corrected chi connectivity index (χ0v) is 31.2. The van der Waals surface area contributed by atoms with Gasteiger partial charge in [0.1, 0.15) is 12.4 Å². The topological polar surface area (TPSA) is 131 Å². The number of thiazole rings is 1. The summed E-state index contributed by atoms with van der Waals surface area (Å²) in [6.45, 7) is 7.58. The molecule has 0 aliphatic carbocycles. The average Bonchev–Trinajstić information content (AvgIpc) is 3.33. The Morgan fingerprint density at radius 1 is 1.17 bits per heavy atom. The van der Waals surface area contributed by atoms with Crippen LogP contribution in [0.2, 0.25) is 0 Å². The van der Waals surface area contributed by atoms with Crippen molar-refractivity contribution in [3.63, 3.8) is 0 Å². The molecule has 0 saturated heterocycles. The lowest BCUT2D eigenvalue weighted by Gasteiger charge is -2.25. The highest BCUT2D eigenvalue weighted by Crippen LogP contribution is 2.37. The van der Waals surface area contributed by atoms with Gasteiger partial charge < -0.3 is 18.9 Å². The predicted molar refractivity (Wildman–Crippen MR) is 193 cm³/mol. The molecule has 0 unspecified atom stereocenters. The minimum atomic E-state index is -0.843. The second kappa shape index (κ2) is 15.0. The fraction of sp³-hybridized carbons (Fsp3) is 0.265. The predicted octanol–water partition coefficient (Wildman–Crippen LogP) is 6.45. The number of nitrogens with zero attached hydrogens (tertiary/aromatic N) is 3. The molecule has 2 heterocycles. The van der Waals surface area contributed by atoms with E-state index >= 15 is 0 Å². The first-order valence-corrected chi connectivity index (χ1v) is 17.5. The Kier molecular flexibility index (Phi) is 11.1. The van der Waals surface area contributed by atoms with E-state index in [9.17, 15) is 19.7 Å². The van der Waals surface area contributed by atoms with Crippen molar-refractivity contribution >= 4 is 67.6 Å². The summed E-state index contributed by atoms with van der Waals surface area (Å²) in [4.78, 5) is 43.4. The van der Waals surface area contributed by atoms with Crippen molar-refractivity contribution in [3.05, 3.63) is 120 Å². The van der Waals surface area contributed by atoms with Gasteiger partial charge in [-0.2, -0.15) is 0 Å². The summed E-state index contributed by atoms with van der Waals surface area (Å²) in [5.74, 6) is 0.962. The lowest BCUT2D eigenvalue weighted by Crippen LogP contribution is -2.40. The zero-order valence-electron chi connectivity index (χ0n) is 26.6. The van der Waals surface area contributed by atoms with Crippen LogP contribution in [-0.2, 0) is 16.1 Å². The van der Waals surface area contributed by atoms with Gasteiger partial charge in [0.2, 0.25) is 0 Å². The maximum atomic E-state index is 14.3. The van der Waals surface area contributed by atoms with Crippen LogP contribution in [-0.4, -0.2) is 35.3 Å². The third-order valence-corrected chi connectivity index (χ3v) is 9.48. The largest absolute Gasteiger partial charge is 0.493 e. The van der Waals surface area contributed by atoms with E-state index in [-0.39, 0.29) is 36.1 Å². The Labute approximate surface area is 301 Å². The molecule has 250 valence electrons. The highest BCUT2D eigenvalue weighted by Gasteiger charge is 2.34. The summed E-state index contributed by atoms with van der Waals surface area (Å²) in [5.41, 5.74) is 2.33. The number of benzene rings is 3. The smallest absolute Gasteiger partial charge is 0.338 e. The van der Waals surface area contributed by atoms with E-state index in [0.29, 0.717) is 43.4 Å². The molecule has 0 fully saturated rings. The van der Waals surface area contributed by atoms with E-state index in [1.165, 1.54) is 35.1 Å². The highest BCUT2D eigenvalue weighted by molar-refractivity contribution is 14.1. The Hall–Kier alpha value is -4.02. The molecule has 1 aromatic heterocycles. The van der Waals surface area contributed by atoms with E-state index in [2.05, 4.69) is 43.5 Å². The molecule has 0 saturated carbocycles. The average molecular weight is 849 g/mol. The number of allylic oxidation sites excluding steroid dienone is 1. The quantitative estimate of drug-likeness (QED) is 0.0729. The third-order valence-electron chi connectivity index (χ3n) is 7.24. The van der Waals surface area contributed by atoms with Crippen LogP contribution in [0.25, 0.3) is 6.08 Å². The number of carbonyl (C=O) groups is 1. The second-order valence-corrected chi connectivity index (χ2v) is 14.0. The Morgan fingerprint density at radius 3 is 2.54 bits per heavy atom. The van der Waals surface area contributed by atoms with Crippen LogP contribution in [0.15, 0.2) is 80.1 Å². The van der Waals surface area contributed by atoms with Gasteiger partial charge in [0.25, 0.3) is 11.2 Å². The first-order chi connectivity index (χ1) is 22.9. The molecular weight excluding hydrogens is 817 g/mol. The van der Waals surface area contributed by atoms with Crippen molar-refractivity contribution in [2.75, 3.05) is 13.7 Å². The molecule has 0 radical (unpaired) electrons. The first-order valence-electron chi connectivity index (χ1n) is 14.8. The number of rotatable bonds is 11. The van der Waals surface area contributed by atoms with Gasteiger partial charge in [-0.15, -0.1) is 0 Å². The van der Waals surface area contributed by atoms with Crippen molar-refractivity contribution < 1.29 is 28.7 Å². The number of nitro benzene ring substituents is 1. The minimum Gasteiger partial charge on any atom is -0.493 e. The van der Waals surface area contributed by atoms with E-state index in [1.807, 2.05) is 26.0 Å². The van der Waals surface area contributed by atoms with Gasteiger partial charge in [-0.1, -0.05) is 33.3 Å². The molecule has 3 aromatic carbocycles. The number of halogens is 2. The maximum absolute atomic E-state index is 14.3. The number of esters is 1. The number of hydrogen-bond acceptors (Lipinski definition) is 10. The molecule has 0 amide bonds. The van der Waals surface area contributed by atoms with Crippen molar-refractivity contribution in [2.24, 2.45) is 4.99 Å². The van der Waals surface area contributed by atoms with Crippen molar-refractivity contribution in [1.82, 2.24) is 4.57 Å². The zero-order chi connectivity index (χ0) is 34.7. The number of ether oxygens (including phenoxy) is 4. The summed E-state index contributed by atoms with van der Waals surface area (Å²) in [6.07, 6.45) is 1.64. The van der Waals surface area contributed by atoms with Crippen LogP contribution in [0.3, 0.4) is 0 Å². The number of methoxy groups -OCH3 is 1. The van der Waals surface area contributed by atoms with Crippen LogP contribution in [0, 0.1) is 13.7 Å². The van der Waals surface area contributed by atoms with E-state index < -0.39 is 16.9 Å². The molecule has 1 aliphatic heterocycles. The van der Waals surface area contributed by atoms with Gasteiger partial charge in [-0.05, 0) is 104 Å². The van der Waals surface area contributed by atoms with Gasteiger partial charge >= 0.3 is 5.97 Å². The van der Waals surface area contributed by atoms with Gasteiger partial charge in [0, 0.05) is 22.2 Å². The second-order valence-electron chi connectivity index (χ2n) is 10.9. The summed E-state index contributed by atoms with van der Waals surface area (Å²) in [7, 11) is 1.53. The van der Waals surface area contributed by atoms with Crippen LogP contribution in [0.4, 0.5) is 5.69 Å². The molecule has 48 heavy (non-hydrogen) atoms. The first kappa shape index (κ1) is 35.3. The third kappa shape index (κ3) is 7.50. The van der Waals surface area contributed by atoms with Crippen LogP contribution in [0.5, 0.6) is 17.2 Å². The molecule has 4 aromatic rings. The SMILES string of the molecule is CCOC(=O)C1=C(C)N=c2s/c(=C/c3cc(Br)cc(I)c3OCc3ccc([N+](=O)[O-])cc3)c(=O)n2[C@H]1c1ccc(OC(C)C)c(OC)c1. The molecule has 1 aliphatic rings. The van der Waals surface area contributed by atoms with Gasteiger partial charge in [0.05, 0.1) is 50.2 Å². The van der Waals surface area contributed by atoms with E-state index in [4.69, 9.17) is 18.9 Å². The van der Waals surface area contributed by atoms with Crippen LogP contribution < -0.4 is 29.1 Å². The number of hydrogen-bond donors (Lipinski definition) is 0. The van der Waals surface area contributed by atoms with Gasteiger partial charge in [0.15, 0.2) is 16.3 Å². The van der Waals surface area contributed by atoms with Gasteiger partial charge in [-0.25, -0.2) is 9.79 Å². The molecule has 0 bridgehead atoms. The number of aromatic nitrogens is 1. The standard InChI is InChI=1S/C34H31BrIN3O8S/c1-6-45-33(41)29-19(4)37-34-38(30(29)21-9-12-26(47-18(2)3)27(14-21)44-5)32(40)28(48-34)15-22-13-23(35)16-25(36)31(22)46-17-20-7-10-24(11-8-20)39(42)43/h7-16,18,30H,6,17H2,1-5H3/b28-15+/t30-/m0/s1. The molecule has 5 rings (SSSR count). The maximum Gasteiger partial charge on any atom is 0.338 e. The summed E-state index contributed by atoms with van der Waals surface area (Å²) >= 11 is 6.91. The summed E-state index contributed by atoms with van der Waals surface area (Å²) in [6, 6.07) is 14.4. The normalized spacial score (nSPS) is 14.4. The van der Waals surface area contributed by atoms with E-state index in [1.54, 1.807) is 50.3 Å². The van der Waals surface area contributed by atoms with Crippen molar-refractivity contribution in [2.45, 2.75) is 46.4 Å². The fourth-order valence-electron chi connectivity index (χ4n) is 5.16. The number of fused-ring (bicyclic) bond motifs is 1. The summed E-state index contributed by atoms with van der Waals surface area (Å²) in [5, 5.41) is 11.1. The Balaban J connectivity index is 1.63. The number of non-ortho nitro benzene ring substituents is 1. The lowest BCUT2D eigenvalue weighted by atomic mass is 9.95. The molecule has 11 nitrogen and oxygen atoms in total. The van der Waals surface area contributed by atoms with Crippen LogP contribution >= 0.6 is 49.9 Å². The van der Waals surface area contributed by atoms with Crippen LogP contribution in [0.1, 0.15) is 50.4 Å². The highest BCUT2D eigenvalue weighted by atomic mass is 127. The summed E-state index contributed by atoms with van der Waals surface area (Å²) < 4.78 is 26.6. The number of carbonyl (C=O) groups excluding carboxylic acids is 1. The van der Waals surface area contributed by atoms with Gasteiger partial charge in [-0.3, -0.25) is 19.5 Å². The van der Waals surface area contributed by atoms with E-state index in [0.717, 1.165) is 13.6 Å². The molecular formula is C34H31BrIN3O8S. The Morgan fingerprint density at radius 2 is 1.90 bits per heavy atom. The van der Waals surface area contributed by atoms with Crippen molar-refractivity contribution in [3.8, 4) is 17.2 Å². The monoisotopic (exact) mass is 847 g/mol. The fourth-order valence-corrected chi connectivity index (χ4v) is 7.91. The molecule has 1 atom stereocenters. The molecule has 0 spiro atoms. The lowest BCUT2D eigenvalue weighted by molar-refractivity contribution is -0.384. The molecule has 14 heteroatoms. The number of nitro groups is 1. The minimum absolute atomic E-state index is 0.00836. The Bertz CT molecular complexity index is 2110. The molecule has 0 N–H and O–H groups in total.